The summed E-state index contributed by atoms with van der Waals surface area (Å²) in [6, 6.07) is 8.42. The summed E-state index contributed by atoms with van der Waals surface area (Å²) in [6.45, 7) is 2.12. The van der Waals surface area contributed by atoms with Crippen molar-refractivity contribution in [3.8, 4) is 0 Å². The molecule has 0 bridgehead atoms. The molecule has 90 valence electrons. The zero-order valence-corrected chi connectivity index (χ0v) is 13.8. The Kier molecular flexibility index (Phi) is 4.59. The third kappa shape index (κ3) is 2.90. The summed E-state index contributed by atoms with van der Waals surface area (Å²) in [5.74, 6) is 5.72. The lowest BCUT2D eigenvalue weighted by molar-refractivity contribution is 0.633. The van der Waals surface area contributed by atoms with Gasteiger partial charge in [-0.3, -0.25) is 5.84 Å². The molecule has 1 unspecified atom stereocenters. The summed E-state index contributed by atoms with van der Waals surface area (Å²) in [5.41, 5.74) is 5.35. The standard InChI is InChI=1S/C12H12BrIN2S/c1-7-9(4-5-17-7)12(16-15)10-6-8(13)2-3-11(10)14/h2-6,12,16H,15H2,1H3. The molecular weight excluding hydrogens is 411 g/mol. The van der Waals surface area contributed by atoms with E-state index < -0.39 is 0 Å². The molecule has 1 heterocycles. The van der Waals surface area contributed by atoms with E-state index in [0.29, 0.717) is 0 Å². The van der Waals surface area contributed by atoms with Crippen molar-refractivity contribution < 1.29 is 0 Å². The van der Waals surface area contributed by atoms with Crippen LogP contribution in [0, 0.1) is 10.5 Å². The number of nitrogens with two attached hydrogens (primary N) is 1. The molecular formula is C12H12BrIN2S. The highest BCUT2D eigenvalue weighted by molar-refractivity contribution is 14.1. The monoisotopic (exact) mass is 422 g/mol. The van der Waals surface area contributed by atoms with Crippen molar-refractivity contribution in [3.63, 3.8) is 0 Å². The Morgan fingerprint density at radius 3 is 2.71 bits per heavy atom. The van der Waals surface area contributed by atoms with E-state index in [-0.39, 0.29) is 6.04 Å². The first-order valence-corrected chi connectivity index (χ1v) is 7.83. The van der Waals surface area contributed by atoms with Crippen LogP contribution in [-0.2, 0) is 0 Å². The SMILES string of the molecule is Cc1sccc1C(NN)c1cc(Br)ccc1I. The Morgan fingerprint density at radius 1 is 1.35 bits per heavy atom. The Balaban J connectivity index is 2.49. The zero-order chi connectivity index (χ0) is 12.4. The van der Waals surface area contributed by atoms with Crippen LogP contribution in [0.3, 0.4) is 0 Å². The quantitative estimate of drug-likeness (QED) is 0.446. The van der Waals surface area contributed by atoms with Gasteiger partial charge in [-0.05, 0) is 70.3 Å². The Morgan fingerprint density at radius 2 is 2.12 bits per heavy atom. The summed E-state index contributed by atoms with van der Waals surface area (Å²) in [4.78, 5) is 1.30. The van der Waals surface area contributed by atoms with Crippen LogP contribution in [0.4, 0.5) is 0 Å². The number of hydrogen-bond acceptors (Lipinski definition) is 3. The third-order valence-corrected chi connectivity index (χ3v) is 4.98. The van der Waals surface area contributed by atoms with Crippen molar-refractivity contribution in [3.05, 3.63) is 53.7 Å². The lowest BCUT2D eigenvalue weighted by Crippen LogP contribution is -2.29. The van der Waals surface area contributed by atoms with Crippen molar-refractivity contribution in [2.24, 2.45) is 5.84 Å². The minimum atomic E-state index is 0.0469. The molecule has 0 saturated carbocycles. The van der Waals surface area contributed by atoms with Gasteiger partial charge in [0.2, 0.25) is 0 Å². The van der Waals surface area contributed by atoms with Gasteiger partial charge in [0.15, 0.2) is 0 Å². The van der Waals surface area contributed by atoms with Gasteiger partial charge in [0.25, 0.3) is 0 Å². The first kappa shape index (κ1) is 13.5. The molecule has 0 spiro atoms. The molecule has 0 saturated heterocycles. The molecule has 2 nitrogen and oxygen atoms in total. The first-order chi connectivity index (χ1) is 8.13. The second kappa shape index (κ2) is 5.79. The van der Waals surface area contributed by atoms with Crippen molar-refractivity contribution in [1.29, 1.82) is 0 Å². The second-order valence-electron chi connectivity index (χ2n) is 3.70. The molecule has 17 heavy (non-hydrogen) atoms. The summed E-state index contributed by atoms with van der Waals surface area (Å²) in [5, 5.41) is 2.10. The number of aryl methyl sites for hydroxylation is 1. The van der Waals surface area contributed by atoms with E-state index in [2.05, 4.69) is 74.4 Å². The van der Waals surface area contributed by atoms with E-state index in [1.807, 2.05) is 6.07 Å². The van der Waals surface area contributed by atoms with Crippen LogP contribution in [0.15, 0.2) is 34.1 Å². The number of rotatable bonds is 3. The molecule has 1 aromatic carbocycles. The summed E-state index contributed by atoms with van der Waals surface area (Å²) in [6.07, 6.45) is 0. The van der Waals surface area contributed by atoms with Crippen LogP contribution in [0.1, 0.15) is 22.0 Å². The van der Waals surface area contributed by atoms with Crippen LogP contribution < -0.4 is 11.3 Å². The summed E-state index contributed by atoms with van der Waals surface area (Å²) < 4.78 is 2.28. The number of hydrogen-bond donors (Lipinski definition) is 2. The number of hydrazine groups is 1. The summed E-state index contributed by atoms with van der Waals surface area (Å²) >= 11 is 7.59. The Labute approximate surface area is 127 Å². The smallest absolute Gasteiger partial charge is 0.0731 e. The van der Waals surface area contributed by atoms with Crippen molar-refractivity contribution in [2.75, 3.05) is 0 Å². The van der Waals surface area contributed by atoms with Crippen LogP contribution >= 0.6 is 49.9 Å². The van der Waals surface area contributed by atoms with E-state index in [4.69, 9.17) is 5.84 Å². The molecule has 1 atom stereocenters. The second-order valence-corrected chi connectivity index (χ2v) is 6.90. The zero-order valence-electron chi connectivity index (χ0n) is 9.21. The van der Waals surface area contributed by atoms with E-state index in [9.17, 15) is 0 Å². The molecule has 0 aliphatic heterocycles. The number of nitrogens with one attached hydrogen (secondary N) is 1. The third-order valence-electron chi connectivity index (χ3n) is 2.65. The fourth-order valence-electron chi connectivity index (χ4n) is 1.78. The molecule has 5 heteroatoms. The predicted molar refractivity (Wildman–Crippen MR) is 85.1 cm³/mol. The minimum Gasteiger partial charge on any atom is -0.271 e. The van der Waals surface area contributed by atoms with Crippen LogP contribution in [-0.4, -0.2) is 0 Å². The summed E-state index contributed by atoms with van der Waals surface area (Å²) in [7, 11) is 0. The molecule has 0 aliphatic carbocycles. The number of benzene rings is 1. The lowest BCUT2D eigenvalue weighted by atomic mass is 10.0. The van der Waals surface area contributed by atoms with Crippen molar-refractivity contribution >= 4 is 49.9 Å². The fraction of sp³-hybridized carbons (Fsp3) is 0.167. The van der Waals surface area contributed by atoms with Gasteiger partial charge in [0.05, 0.1) is 6.04 Å². The Bertz CT molecular complexity index is 527. The molecule has 0 amide bonds. The molecule has 0 fully saturated rings. The lowest BCUT2D eigenvalue weighted by Gasteiger charge is -2.18. The highest BCUT2D eigenvalue weighted by Crippen LogP contribution is 2.31. The topological polar surface area (TPSA) is 38.0 Å². The number of halogens is 2. The van der Waals surface area contributed by atoms with Gasteiger partial charge >= 0.3 is 0 Å². The van der Waals surface area contributed by atoms with E-state index in [1.165, 1.54) is 19.6 Å². The van der Waals surface area contributed by atoms with Gasteiger partial charge in [-0.15, -0.1) is 11.3 Å². The maximum absolute atomic E-state index is 5.72. The molecule has 2 rings (SSSR count). The highest BCUT2D eigenvalue weighted by atomic mass is 127. The van der Waals surface area contributed by atoms with E-state index >= 15 is 0 Å². The predicted octanol–water partition coefficient (Wildman–Crippen LogP) is 3.98. The van der Waals surface area contributed by atoms with Crippen LogP contribution in [0.25, 0.3) is 0 Å². The van der Waals surface area contributed by atoms with Gasteiger partial charge in [-0.1, -0.05) is 15.9 Å². The molecule has 3 N–H and O–H groups in total. The maximum Gasteiger partial charge on any atom is 0.0731 e. The largest absolute Gasteiger partial charge is 0.271 e. The average molecular weight is 423 g/mol. The Hall–Kier alpha value is 0.0500. The van der Waals surface area contributed by atoms with Crippen LogP contribution in [0.2, 0.25) is 0 Å². The maximum atomic E-state index is 5.72. The van der Waals surface area contributed by atoms with Crippen molar-refractivity contribution in [1.82, 2.24) is 5.43 Å². The molecule has 0 radical (unpaired) electrons. The minimum absolute atomic E-state index is 0.0469. The van der Waals surface area contributed by atoms with Gasteiger partial charge in [0.1, 0.15) is 0 Å². The first-order valence-electron chi connectivity index (χ1n) is 5.08. The van der Waals surface area contributed by atoms with Gasteiger partial charge in [-0.2, -0.15) is 0 Å². The molecule has 1 aromatic heterocycles. The molecule has 0 aliphatic rings. The fourth-order valence-corrected chi connectivity index (χ4v) is 3.54. The van der Waals surface area contributed by atoms with Crippen molar-refractivity contribution in [2.45, 2.75) is 13.0 Å². The van der Waals surface area contributed by atoms with Crippen LogP contribution in [0.5, 0.6) is 0 Å². The molecule has 2 aromatic rings. The van der Waals surface area contributed by atoms with E-state index in [1.54, 1.807) is 11.3 Å². The van der Waals surface area contributed by atoms with Gasteiger partial charge in [0, 0.05) is 12.9 Å². The normalized spacial score (nSPS) is 12.7. The van der Waals surface area contributed by atoms with Gasteiger partial charge < -0.3 is 0 Å². The highest BCUT2D eigenvalue weighted by Gasteiger charge is 2.18. The van der Waals surface area contributed by atoms with Gasteiger partial charge in [-0.25, -0.2) is 5.43 Å². The van der Waals surface area contributed by atoms with E-state index in [0.717, 1.165) is 4.47 Å². The average Bonchev–Trinajstić information content (AvgIpc) is 2.71. The number of thiophene rings is 1.